The van der Waals surface area contributed by atoms with E-state index in [4.69, 9.17) is 44.3 Å². The van der Waals surface area contributed by atoms with Crippen molar-refractivity contribution >= 4 is 34.8 Å². The Kier molecular flexibility index (Phi) is 4.91. The first-order valence-corrected chi connectivity index (χ1v) is 6.91. The standard InChI is InChI=1S/C13H11Cl3N2O2/c1-3-10-17-12(15)11(13(16)18-10)20-9-6-7(19-2)4-5-8(9)14/h4-6H,3H2,1-2H3. The molecule has 2 aromatic rings. The number of benzene rings is 1. The van der Waals surface area contributed by atoms with Crippen molar-refractivity contribution in [3.05, 3.63) is 39.4 Å². The molecule has 0 fully saturated rings. The number of rotatable bonds is 4. The number of hydrogen-bond donors (Lipinski definition) is 0. The van der Waals surface area contributed by atoms with Gasteiger partial charge in [0.05, 0.1) is 12.1 Å². The van der Waals surface area contributed by atoms with E-state index >= 15 is 0 Å². The number of halogens is 3. The molecule has 106 valence electrons. The topological polar surface area (TPSA) is 44.2 Å². The summed E-state index contributed by atoms with van der Waals surface area (Å²) in [6.45, 7) is 1.90. The first-order valence-electron chi connectivity index (χ1n) is 5.78. The molecule has 0 radical (unpaired) electrons. The molecule has 20 heavy (non-hydrogen) atoms. The minimum Gasteiger partial charge on any atom is -0.497 e. The molecule has 0 saturated carbocycles. The minimum atomic E-state index is 0.140. The van der Waals surface area contributed by atoms with Crippen molar-refractivity contribution in [1.29, 1.82) is 0 Å². The van der Waals surface area contributed by atoms with Gasteiger partial charge in [0.15, 0.2) is 10.3 Å². The van der Waals surface area contributed by atoms with Crippen LogP contribution in [-0.2, 0) is 6.42 Å². The summed E-state index contributed by atoms with van der Waals surface area (Å²) < 4.78 is 10.7. The molecule has 1 aromatic heterocycles. The summed E-state index contributed by atoms with van der Waals surface area (Å²) in [6.07, 6.45) is 0.625. The molecule has 0 aliphatic carbocycles. The molecule has 0 saturated heterocycles. The van der Waals surface area contributed by atoms with Crippen molar-refractivity contribution in [2.45, 2.75) is 13.3 Å². The van der Waals surface area contributed by atoms with Crippen LogP contribution in [0.1, 0.15) is 12.7 Å². The van der Waals surface area contributed by atoms with Crippen molar-refractivity contribution in [3.63, 3.8) is 0 Å². The summed E-state index contributed by atoms with van der Waals surface area (Å²) in [5, 5.41) is 0.680. The lowest BCUT2D eigenvalue weighted by molar-refractivity contribution is 0.408. The number of methoxy groups -OCH3 is 1. The number of aryl methyl sites for hydroxylation is 1. The third-order valence-electron chi connectivity index (χ3n) is 2.50. The second-order valence-electron chi connectivity index (χ2n) is 3.80. The highest BCUT2D eigenvalue weighted by Gasteiger charge is 2.15. The van der Waals surface area contributed by atoms with Crippen LogP contribution in [0.15, 0.2) is 18.2 Å². The lowest BCUT2D eigenvalue weighted by Crippen LogP contribution is -1.98. The first-order chi connectivity index (χ1) is 9.55. The molecule has 0 spiro atoms. The summed E-state index contributed by atoms with van der Waals surface area (Å²) in [6, 6.07) is 5.00. The lowest BCUT2D eigenvalue weighted by Gasteiger charge is -2.11. The van der Waals surface area contributed by atoms with E-state index in [-0.39, 0.29) is 16.1 Å². The Labute approximate surface area is 131 Å². The maximum Gasteiger partial charge on any atom is 0.202 e. The summed E-state index contributed by atoms with van der Waals surface area (Å²) in [7, 11) is 1.55. The zero-order chi connectivity index (χ0) is 14.7. The first kappa shape index (κ1) is 15.2. The van der Waals surface area contributed by atoms with Gasteiger partial charge in [-0.25, -0.2) is 9.97 Å². The van der Waals surface area contributed by atoms with Crippen molar-refractivity contribution in [1.82, 2.24) is 9.97 Å². The van der Waals surface area contributed by atoms with Gasteiger partial charge in [-0.1, -0.05) is 41.7 Å². The average molecular weight is 334 g/mol. The van der Waals surface area contributed by atoms with Gasteiger partial charge in [0.2, 0.25) is 5.75 Å². The maximum absolute atomic E-state index is 6.06. The molecule has 7 heteroatoms. The smallest absolute Gasteiger partial charge is 0.202 e. The van der Waals surface area contributed by atoms with Crippen molar-refractivity contribution in [3.8, 4) is 17.2 Å². The Morgan fingerprint density at radius 2 is 1.75 bits per heavy atom. The van der Waals surface area contributed by atoms with Crippen LogP contribution in [0.2, 0.25) is 15.3 Å². The van der Waals surface area contributed by atoms with E-state index in [0.29, 0.717) is 28.8 Å². The minimum absolute atomic E-state index is 0.140. The van der Waals surface area contributed by atoms with Crippen molar-refractivity contribution < 1.29 is 9.47 Å². The molecule has 0 bridgehead atoms. The molecule has 0 atom stereocenters. The van der Waals surface area contributed by atoms with Gasteiger partial charge < -0.3 is 9.47 Å². The lowest BCUT2D eigenvalue weighted by atomic mass is 10.3. The van der Waals surface area contributed by atoms with Crippen LogP contribution in [0, 0.1) is 0 Å². The van der Waals surface area contributed by atoms with Gasteiger partial charge in [0.1, 0.15) is 17.3 Å². The molecule has 1 heterocycles. The average Bonchev–Trinajstić information content (AvgIpc) is 2.44. The Morgan fingerprint density at radius 1 is 1.10 bits per heavy atom. The molecule has 2 rings (SSSR count). The third-order valence-corrected chi connectivity index (χ3v) is 3.32. The number of aromatic nitrogens is 2. The third kappa shape index (κ3) is 3.26. The predicted molar refractivity (Wildman–Crippen MR) is 79.5 cm³/mol. The number of hydrogen-bond acceptors (Lipinski definition) is 4. The van der Waals surface area contributed by atoms with Gasteiger partial charge in [-0.3, -0.25) is 0 Å². The summed E-state index contributed by atoms with van der Waals surface area (Å²) >= 11 is 18.2. The summed E-state index contributed by atoms with van der Waals surface area (Å²) in [4.78, 5) is 8.18. The Hall–Kier alpha value is -1.23. The fraction of sp³-hybridized carbons (Fsp3) is 0.231. The highest BCUT2D eigenvalue weighted by atomic mass is 35.5. The largest absolute Gasteiger partial charge is 0.497 e. The molecule has 0 aliphatic rings. The fourth-order valence-corrected chi connectivity index (χ4v) is 2.14. The van der Waals surface area contributed by atoms with Gasteiger partial charge in [-0.2, -0.15) is 0 Å². The van der Waals surface area contributed by atoms with Gasteiger partial charge in [-0.05, 0) is 12.1 Å². The SMILES string of the molecule is CCc1nc(Cl)c(Oc2cc(OC)ccc2Cl)c(Cl)n1. The zero-order valence-corrected chi connectivity index (χ0v) is 13.1. The second kappa shape index (κ2) is 6.48. The Bertz CT molecular complexity index is 612. The highest BCUT2D eigenvalue weighted by Crippen LogP contribution is 2.38. The van der Waals surface area contributed by atoms with Gasteiger partial charge >= 0.3 is 0 Å². The molecule has 1 aromatic carbocycles. The van der Waals surface area contributed by atoms with Crippen LogP contribution in [0.4, 0.5) is 0 Å². The Morgan fingerprint density at radius 3 is 2.30 bits per heavy atom. The number of ether oxygens (including phenoxy) is 2. The normalized spacial score (nSPS) is 10.4. The van der Waals surface area contributed by atoms with Crippen LogP contribution >= 0.6 is 34.8 Å². The quantitative estimate of drug-likeness (QED) is 0.754. The van der Waals surface area contributed by atoms with Gasteiger partial charge in [-0.15, -0.1) is 0 Å². The van der Waals surface area contributed by atoms with Crippen LogP contribution in [0.3, 0.4) is 0 Å². The van der Waals surface area contributed by atoms with Crippen LogP contribution in [0.5, 0.6) is 17.2 Å². The maximum atomic E-state index is 6.06. The van der Waals surface area contributed by atoms with Crippen molar-refractivity contribution in [2.24, 2.45) is 0 Å². The van der Waals surface area contributed by atoms with Crippen LogP contribution in [0.25, 0.3) is 0 Å². The van der Waals surface area contributed by atoms with E-state index < -0.39 is 0 Å². The van der Waals surface area contributed by atoms with E-state index in [1.165, 1.54) is 0 Å². The van der Waals surface area contributed by atoms with E-state index in [1.807, 2.05) is 6.92 Å². The monoisotopic (exact) mass is 332 g/mol. The van der Waals surface area contributed by atoms with E-state index in [2.05, 4.69) is 9.97 Å². The molecule has 0 unspecified atom stereocenters. The van der Waals surface area contributed by atoms with E-state index in [0.717, 1.165) is 0 Å². The molecule has 0 amide bonds. The Balaban J connectivity index is 2.39. The molecule has 0 N–H and O–H groups in total. The van der Waals surface area contributed by atoms with Crippen LogP contribution < -0.4 is 9.47 Å². The number of nitrogens with zero attached hydrogens (tertiary/aromatic N) is 2. The molecule has 0 aliphatic heterocycles. The highest BCUT2D eigenvalue weighted by molar-refractivity contribution is 6.36. The zero-order valence-electron chi connectivity index (χ0n) is 10.8. The molecular weight excluding hydrogens is 323 g/mol. The second-order valence-corrected chi connectivity index (χ2v) is 4.93. The van der Waals surface area contributed by atoms with E-state index in [1.54, 1.807) is 25.3 Å². The van der Waals surface area contributed by atoms with Crippen LogP contribution in [-0.4, -0.2) is 17.1 Å². The fourth-order valence-electron chi connectivity index (χ4n) is 1.48. The predicted octanol–water partition coefficient (Wildman–Crippen LogP) is 4.80. The van der Waals surface area contributed by atoms with E-state index in [9.17, 15) is 0 Å². The summed E-state index contributed by atoms with van der Waals surface area (Å²) in [5.74, 6) is 1.68. The van der Waals surface area contributed by atoms with Gasteiger partial charge in [0.25, 0.3) is 0 Å². The van der Waals surface area contributed by atoms with Crippen molar-refractivity contribution in [2.75, 3.05) is 7.11 Å². The van der Waals surface area contributed by atoms with Gasteiger partial charge in [0, 0.05) is 12.5 Å². The molecular formula is C13H11Cl3N2O2. The summed E-state index contributed by atoms with van der Waals surface area (Å²) in [5.41, 5.74) is 0. The molecule has 4 nitrogen and oxygen atoms in total.